The fourth-order valence-electron chi connectivity index (χ4n) is 2.36. The van der Waals surface area contributed by atoms with Crippen molar-refractivity contribution in [3.8, 4) is 5.75 Å². The van der Waals surface area contributed by atoms with Crippen molar-refractivity contribution in [1.82, 2.24) is 5.32 Å². The predicted molar refractivity (Wildman–Crippen MR) is 82.8 cm³/mol. The van der Waals surface area contributed by atoms with Crippen LogP contribution in [0.15, 0.2) is 18.2 Å². The lowest BCUT2D eigenvalue weighted by molar-refractivity contribution is -0.148. The van der Waals surface area contributed by atoms with Crippen LogP contribution in [0, 0.1) is 5.82 Å². The molecule has 0 spiro atoms. The van der Waals surface area contributed by atoms with Gasteiger partial charge in [-0.05, 0) is 24.1 Å². The first-order valence-electron chi connectivity index (χ1n) is 7.27. The number of halogens is 1. The topological polar surface area (TPSA) is 98.8 Å². The maximum atomic E-state index is 13.5. The molecule has 1 heterocycles. The number of nitrogens with one attached hydrogen (secondary N) is 1. The van der Waals surface area contributed by atoms with E-state index in [0.717, 1.165) is 6.07 Å². The van der Waals surface area contributed by atoms with Crippen LogP contribution in [-0.4, -0.2) is 51.6 Å². The molecule has 7 nitrogen and oxygen atoms in total. The molecule has 1 N–H and O–H groups in total. The molecule has 1 aliphatic rings. The van der Waals surface area contributed by atoms with E-state index >= 15 is 0 Å². The lowest BCUT2D eigenvalue weighted by Crippen LogP contribution is -2.38. The van der Waals surface area contributed by atoms with Gasteiger partial charge < -0.3 is 14.8 Å². The van der Waals surface area contributed by atoms with Crippen LogP contribution in [0.5, 0.6) is 5.75 Å². The zero-order valence-electron chi connectivity index (χ0n) is 13.1. The van der Waals surface area contributed by atoms with Gasteiger partial charge in [0, 0.05) is 6.04 Å². The third kappa shape index (κ3) is 5.19. The Hall–Kier alpha value is -2.16. The van der Waals surface area contributed by atoms with E-state index in [0.29, 0.717) is 12.0 Å². The summed E-state index contributed by atoms with van der Waals surface area (Å²) in [5.74, 6) is -1.83. The molecule has 0 aliphatic carbocycles. The van der Waals surface area contributed by atoms with Gasteiger partial charge in [-0.25, -0.2) is 12.8 Å². The van der Waals surface area contributed by atoms with E-state index in [1.54, 1.807) is 0 Å². The van der Waals surface area contributed by atoms with Gasteiger partial charge in [0.25, 0.3) is 5.91 Å². The summed E-state index contributed by atoms with van der Waals surface area (Å²) in [7, 11) is -1.76. The minimum absolute atomic E-state index is 0.0424. The van der Waals surface area contributed by atoms with Gasteiger partial charge in [-0.15, -0.1) is 0 Å². The summed E-state index contributed by atoms with van der Waals surface area (Å²) in [4.78, 5) is 23.3. The number of carbonyl (C=O) groups excluding carboxylic acids is 2. The fraction of sp³-hybridized carbons (Fsp3) is 0.467. The van der Waals surface area contributed by atoms with Gasteiger partial charge in [0.1, 0.15) is 0 Å². The molecule has 0 aromatic heterocycles. The summed E-state index contributed by atoms with van der Waals surface area (Å²) in [5.41, 5.74) is 0.389. The Bertz CT molecular complexity index is 733. The van der Waals surface area contributed by atoms with Crippen LogP contribution >= 0.6 is 0 Å². The van der Waals surface area contributed by atoms with Gasteiger partial charge in [0.2, 0.25) is 0 Å². The average molecular weight is 359 g/mol. The van der Waals surface area contributed by atoms with Crippen molar-refractivity contribution in [1.29, 1.82) is 0 Å². The monoisotopic (exact) mass is 359 g/mol. The Morgan fingerprint density at radius 3 is 2.71 bits per heavy atom. The number of amides is 1. The number of ether oxygens (including phenoxy) is 2. The third-order valence-electron chi connectivity index (χ3n) is 3.53. The van der Waals surface area contributed by atoms with Gasteiger partial charge in [0.05, 0.1) is 25.0 Å². The maximum absolute atomic E-state index is 13.5. The number of hydrogen-bond acceptors (Lipinski definition) is 6. The van der Waals surface area contributed by atoms with Crippen LogP contribution in [-0.2, 0) is 30.6 Å². The van der Waals surface area contributed by atoms with Gasteiger partial charge in [-0.2, -0.15) is 0 Å². The van der Waals surface area contributed by atoms with Crippen LogP contribution in [0.2, 0.25) is 0 Å². The molecule has 1 atom stereocenters. The van der Waals surface area contributed by atoms with Crippen molar-refractivity contribution in [2.24, 2.45) is 0 Å². The molecular formula is C15H18FNO6S. The van der Waals surface area contributed by atoms with Crippen molar-refractivity contribution >= 4 is 21.7 Å². The molecule has 0 radical (unpaired) electrons. The Kier molecular flexibility index (Phi) is 5.76. The minimum atomic E-state index is -3.09. The Labute approximate surface area is 139 Å². The molecule has 132 valence electrons. The lowest BCUT2D eigenvalue weighted by atomic mass is 10.1. The standard InChI is InChI=1S/C15H18FNO6S/c1-22-13-3-2-10(6-12(13)16)7-15(19)23-8-14(18)17-11-4-5-24(20,21)9-11/h2-3,6,11H,4-5,7-9H2,1H3,(H,17,18)/t11-/m0/s1. The van der Waals surface area contributed by atoms with E-state index in [-0.39, 0.29) is 23.7 Å². The average Bonchev–Trinajstić information content (AvgIpc) is 2.84. The van der Waals surface area contributed by atoms with Crippen molar-refractivity contribution < 1.29 is 31.9 Å². The van der Waals surface area contributed by atoms with Crippen LogP contribution in [0.3, 0.4) is 0 Å². The predicted octanol–water partition coefficient (Wildman–Crippen LogP) is 0.223. The van der Waals surface area contributed by atoms with E-state index in [1.807, 2.05) is 0 Å². The summed E-state index contributed by atoms with van der Waals surface area (Å²) in [6.07, 6.45) is 0.166. The molecule has 1 aromatic rings. The maximum Gasteiger partial charge on any atom is 0.310 e. The summed E-state index contributed by atoms with van der Waals surface area (Å²) < 4.78 is 45.7. The molecule has 1 fully saturated rings. The second-order valence-electron chi connectivity index (χ2n) is 5.47. The molecule has 1 saturated heterocycles. The second-order valence-corrected chi connectivity index (χ2v) is 7.70. The Morgan fingerprint density at radius 1 is 1.38 bits per heavy atom. The summed E-state index contributed by atoms with van der Waals surface area (Å²) in [6.45, 7) is -0.506. The van der Waals surface area contributed by atoms with Crippen LogP contribution < -0.4 is 10.1 Å². The van der Waals surface area contributed by atoms with Gasteiger partial charge in [0.15, 0.2) is 28.0 Å². The quantitative estimate of drug-likeness (QED) is 0.730. The molecule has 0 saturated carbocycles. The molecule has 9 heteroatoms. The highest BCUT2D eigenvalue weighted by atomic mass is 32.2. The molecular weight excluding hydrogens is 341 g/mol. The number of hydrogen-bond donors (Lipinski definition) is 1. The van der Waals surface area contributed by atoms with E-state index in [9.17, 15) is 22.4 Å². The van der Waals surface area contributed by atoms with E-state index in [1.165, 1.54) is 19.2 Å². The summed E-state index contributed by atoms with van der Waals surface area (Å²) >= 11 is 0. The number of sulfone groups is 1. The van der Waals surface area contributed by atoms with Gasteiger partial charge >= 0.3 is 5.97 Å². The SMILES string of the molecule is COc1ccc(CC(=O)OCC(=O)N[C@H]2CCS(=O)(=O)C2)cc1F. The van der Waals surface area contributed by atoms with Crippen LogP contribution in [0.1, 0.15) is 12.0 Å². The molecule has 1 amide bonds. The van der Waals surface area contributed by atoms with E-state index < -0.39 is 40.2 Å². The summed E-state index contributed by atoms with van der Waals surface area (Å²) in [6, 6.07) is 3.62. The third-order valence-corrected chi connectivity index (χ3v) is 5.29. The van der Waals surface area contributed by atoms with E-state index in [2.05, 4.69) is 5.32 Å². The first-order chi connectivity index (χ1) is 11.3. The van der Waals surface area contributed by atoms with Crippen molar-refractivity contribution in [3.05, 3.63) is 29.6 Å². The fourth-order valence-corrected chi connectivity index (χ4v) is 4.04. The number of rotatable bonds is 6. The van der Waals surface area contributed by atoms with Crippen molar-refractivity contribution in [2.45, 2.75) is 18.9 Å². The first kappa shape index (κ1) is 18.2. The van der Waals surface area contributed by atoms with Crippen LogP contribution in [0.25, 0.3) is 0 Å². The highest BCUT2D eigenvalue weighted by Crippen LogP contribution is 2.18. The van der Waals surface area contributed by atoms with Crippen LogP contribution in [0.4, 0.5) is 4.39 Å². The number of benzene rings is 1. The lowest BCUT2D eigenvalue weighted by Gasteiger charge is -2.11. The number of methoxy groups -OCH3 is 1. The van der Waals surface area contributed by atoms with Gasteiger partial charge in [-0.3, -0.25) is 9.59 Å². The zero-order chi connectivity index (χ0) is 17.7. The molecule has 1 aliphatic heterocycles. The smallest absolute Gasteiger partial charge is 0.310 e. The highest BCUT2D eigenvalue weighted by molar-refractivity contribution is 7.91. The number of esters is 1. The molecule has 24 heavy (non-hydrogen) atoms. The van der Waals surface area contributed by atoms with Crippen molar-refractivity contribution in [3.63, 3.8) is 0 Å². The summed E-state index contributed by atoms with van der Waals surface area (Å²) in [5, 5.41) is 2.51. The molecule has 0 unspecified atom stereocenters. The first-order valence-corrected chi connectivity index (χ1v) is 9.09. The molecule has 0 bridgehead atoms. The minimum Gasteiger partial charge on any atom is -0.494 e. The zero-order valence-corrected chi connectivity index (χ0v) is 13.9. The normalized spacial score (nSPS) is 18.8. The van der Waals surface area contributed by atoms with E-state index in [4.69, 9.17) is 9.47 Å². The molecule has 2 rings (SSSR count). The number of carbonyl (C=O) groups is 2. The largest absolute Gasteiger partial charge is 0.494 e. The second kappa shape index (κ2) is 7.61. The van der Waals surface area contributed by atoms with Gasteiger partial charge in [-0.1, -0.05) is 6.07 Å². The highest BCUT2D eigenvalue weighted by Gasteiger charge is 2.29. The Morgan fingerprint density at radius 2 is 2.12 bits per heavy atom. The Balaban J connectivity index is 1.76. The molecule has 1 aromatic carbocycles. The van der Waals surface area contributed by atoms with Crippen molar-refractivity contribution in [2.75, 3.05) is 25.2 Å².